The number of halogens is 1. The first-order valence-electron chi connectivity index (χ1n) is 3.33. The second-order valence-electron chi connectivity index (χ2n) is 2.04. The van der Waals surface area contributed by atoms with Gasteiger partial charge in [-0.3, -0.25) is 0 Å². The smallest absolute Gasteiger partial charge is 0.0363 e. The minimum atomic E-state index is 0.779. The van der Waals surface area contributed by atoms with Crippen LogP contribution in [0.5, 0.6) is 0 Å². The van der Waals surface area contributed by atoms with E-state index in [0.717, 1.165) is 5.03 Å². The Bertz CT molecular complexity index is 153. The van der Waals surface area contributed by atoms with Crippen LogP contribution < -0.4 is 0 Å². The van der Waals surface area contributed by atoms with Crippen molar-refractivity contribution >= 4 is 11.6 Å². The molecule has 0 aromatic rings. The van der Waals surface area contributed by atoms with Gasteiger partial charge in [0.1, 0.15) is 0 Å². The lowest BCUT2D eigenvalue weighted by Crippen LogP contribution is -1.65. The normalized spacial score (nSPS) is 14.8. The van der Waals surface area contributed by atoms with Crippen LogP contribution in [0.4, 0.5) is 0 Å². The fourth-order valence-corrected chi connectivity index (χ4v) is 0.466. The summed E-state index contributed by atoms with van der Waals surface area (Å²) >= 11 is 5.71. The van der Waals surface area contributed by atoms with Crippen molar-refractivity contribution in [2.24, 2.45) is 0 Å². The van der Waals surface area contributed by atoms with Gasteiger partial charge in [-0.25, -0.2) is 0 Å². The third kappa shape index (κ3) is 4.39. The van der Waals surface area contributed by atoms with Crippen LogP contribution in [0.3, 0.4) is 0 Å². The number of hydrogen-bond donors (Lipinski definition) is 0. The van der Waals surface area contributed by atoms with Gasteiger partial charge < -0.3 is 0 Å². The summed E-state index contributed by atoms with van der Waals surface area (Å²) in [6, 6.07) is 0. The van der Waals surface area contributed by atoms with Crippen molar-refractivity contribution in [2.45, 2.75) is 20.8 Å². The molecule has 0 atom stereocenters. The third-order valence-electron chi connectivity index (χ3n) is 1.24. The predicted molar refractivity (Wildman–Crippen MR) is 48.2 cm³/mol. The summed E-state index contributed by atoms with van der Waals surface area (Å²) in [6.45, 7) is 5.96. The van der Waals surface area contributed by atoms with Crippen LogP contribution in [0, 0.1) is 0 Å². The first-order chi connectivity index (χ1) is 4.70. The van der Waals surface area contributed by atoms with E-state index in [0.29, 0.717) is 0 Å². The third-order valence-corrected chi connectivity index (χ3v) is 1.58. The van der Waals surface area contributed by atoms with Crippen molar-refractivity contribution in [3.8, 4) is 0 Å². The van der Waals surface area contributed by atoms with Crippen molar-refractivity contribution < 1.29 is 0 Å². The number of hydrogen-bond acceptors (Lipinski definition) is 0. The van der Waals surface area contributed by atoms with Gasteiger partial charge >= 0.3 is 0 Å². The minimum Gasteiger partial charge on any atom is -0.0847 e. The van der Waals surface area contributed by atoms with E-state index in [1.807, 2.05) is 45.1 Å². The van der Waals surface area contributed by atoms with Crippen LogP contribution in [0.2, 0.25) is 0 Å². The zero-order valence-corrected chi connectivity index (χ0v) is 7.44. The molecular weight excluding hydrogens is 144 g/mol. The van der Waals surface area contributed by atoms with Crippen molar-refractivity contribution in [1.29, 1.82) is 0 Å². The van der Waals surface area contributed by atoms with Gasteiger partial charge in [-0.15, -0.1) is 0 Å². The lowest BCUT2D eigenvalue weighted by atomic mass is 10.2. The Labute approximate surface area is 67.9 Å². The molecule has 0 rings (SSSR count). The van der Waals surface area contributed by atoms with Crippen LogP contribution in [0.1, 0.15) is 20.8 Å². The van der Waals surface area contributed by atoms with E-state index in [-0.39, 0.29) is 0 Å². The summed E-state index contributed by atoms with van der Waals surface area (Å²) in [5.74, 6) is 0. The minimum absolute atomic E-state index is 0.779. The molecule has 0 bridgehead atoms. The molecule has 0 nitrogen and oxygen atoms in total. The highest BCUT2D eigenvalue weighted by Crippen LogP contribution is 2.04. The molecule has 0 radical (unpaired) electrons. The molecule has 56 valence electrons. The molecular formula is C9H13Cl. The summed E-state index contributed by atoms with van der Waals surface area (Å²) in [6.07, 6.45) is 7.77. The van der Waals surface area contributed by atoms with Crippen LogP contribution in [0.15, 0.2) is 34.9 Å². The first-order valence-corrected chi connectivity index (χ1v) is 3.71. The van der Waals surface area contributed by atoms with E-state index in [2.05, 4.69) is 0 Å². The molecule has 0 aliphatic carbocycles. The zero-order chi connectivity index (χ0) is 7.98. The molecule has 0 aromatic carbocycles. The predicted octanol–water partition coefficient (Wildman–Crippen LogP) is 3.65. The quantitative estimate of drug-likeness (QED) is 0.536. The fraction of sp³-hybridized carbons (Fsp3) is 0.333. The highest BCUT2D eigenvalue weighted by atomic mass is 35.5. The molecule has 0 saturated carbocycles. The summed E-state index contributed by atoms with van der Waals surface area (Å²) in [5.41, 5.74) is 1.22. The molecule has 1 heteroatoms. The van der Waals surface area contributed by atoms with Gasteiger partial charge in [0.25, 0.3) is 0 Å². The first kappa shape index (κ1) is 9.51. The number of rotatable bonds is 2. The lowest BCUT2D eigenvalue weighted by molar-refractivity contribution is 1.47. The average molecular weight is 157 g/mol. The SMILES string of the molecule is C\C=C(C)/C=C\C(Cl)=C/C. The van der Waals surface area contributed by atoms with Gasteiger partial charge in [-0.2, -0.15) is 0 Å². The van der Waals surface area contributed by atoms with E-state index in [1.54, 1.807) is 0 Å². The van der Waals surface area contributed by atoms with Crippen molar-refractivity contribution in [3.63, 3.8) is 0 Å². The monoisotopic (exact) mass is 156 g/mol. The maximum Gasteiger partial charge on any atom is 0.0363 e. The molecule has 0 amide bonds. The molecule has 0 heterocycles. The summed E-state index contributed by atoms with van der Waals surface area (Å²) in [5, 5.41) is 0.779. The molecule has 0 N–H and O–H groups in total. The van der Waals surface area contributed by atoms with Gasteiger partial charge in [-0.05, 0) is 26.8 Å². The average Bonchev–Trinajstić information content (AvgIpc) is 1.99. The second kappa shape index (κ2) is 5.31. The fourth-order valence-electron chi connectivity index (χ4n) is 0.404. The number of allylic oxidation sites excluding steroid dienone is 6. The topological polar surface area (TPSA) is 0 Å². The Hall–Kier alpha value is -0.490. The highest BCUT2D eigenvalue weighted by Gasteiger charge is 1.80. The molecule has 0 aliphatic rings. The Morgan fingerprint density at radius 1 is 1.10 bits per heavy atom. The summed E-state index contributed by atoms with van der Waals surface area (Å²) in [7, 11) is 0. The van der Waals surface area contributed by atoms with Gasteiger partial charge in [0.15, 0.2) is 0 Å². The molecule has 0 spiro atoms. The summed E-state index contributed by atoms with van der Waals surface area (Å²) in [4.78, 5) is 0. The van der Waals surface area contributed by atoms with Crippen LogP contribution >= 0.6 is 11.6 Å². The van der Waals surface area contributed by atoms with Gasteiger partial charge in [0.05, 0.1) is 0 Å². The van der Waals surface area contributed by atoms with E-state index in [9.17, 15) is 0 Å². The van der Waals surface area contributed by atoms with E-state index < -0.39 is 0 Å². The molecule has 0 unspecified atom stereocenters. The zero-order valence-electron chi connectivity index (χ0n) is 6.69. The largest absolute Gasteiger partial charge is 0.0847 e. The molecule has 10 heavy (non-hydrogen) atoms. The molecule has 0 fully saturated rings. The standard InChI is InChI=1S/C9H13Cl/c1-4-8(3)6-7-9(10)5-2/h4-7H,1-3H3/b7-6-,8-4-,9-5+. The van der Waals surface area contributed by atoms with E-state index in [4.69, 9.17) is 11.6 Å². The lowest BCUT2D eigenvalue weighted by Gasteiger charge is -1.87. The Balaban J connectivity index is 4.01. The molecule has 0 aliphatic heterocycles. The van der Waals surface area contributed by atoms with Crippen molar-refractivity contribution in [3.05, 3.63) is 34.9 Å². The molecule has 0 saturated heterocycles. The van der Waals surface area contributed by atoms with E-state index in [1.165, 1.54) is 5.57 Å². The van der Waals surface area contributed by atoms with Gasteiger partial charge in [0, 0.05) is 5.03 Å². The van der Waals surface area contributed by atoms with Crippen molar-refractivity contribution in [2.75, 3.05) is 0 Å². The second-order valence-corrected chi connectivity index (χ2v) is 2.48. The Morgan fingerprint density at radius 3 is 2.10 bits per heavy atom. The summed E-state index contributed by atoms with van der Waals surface area (Å²) < 4.78 is 0. The maximum atomic E-state index is 5.71. The van der Waals surface area contributed by atoms with Crippen LogP contribution in [-0.4, -0.2) is 0 Å². The van der Waals surface area contributed by atoms with Gasteiger partial charge in [0.2, 0.25) is 0 Å². The van der Waals surface area contributed by atoms with Gasteiger partial charge in [-0.1, -0.05) is 35.4 Å². The van der Waals surface area contributed by atoms with E-state index >= 15 is 0 Å². The van der Waals surface area contributed by atoms with Crippen molar-refractivity contribution in [1.82, 2.24) is 0 Å². The Kier molecular flexibility index (Phi) is 5.05. The highest BCUT2D eigenvalue weighted by molar-refractivity contribution is 6.31. The molecule has 0 aromatic heterocycles. The Morgan fingerprint density at radius 2 is 1.70 bits per heavy atom. The van der Waals surface area contributed by atoms with Crippen LogP contribution in [0.25, 0.3) is 0 Å². The van der Waals surface area contributed by atoms with Crippen LogP contribution in [-0.2, 0) is 0 Å². The maximum absolute atomic E-state index is 5.71.